The molecule has 4 fully saturated rings. The molecule has 4 saturated carbocycles. The fourth-order valence-corrected chi connectivity index (χ4v) is 8.95. The molecule has 4 aliphatic rings. The summed E-state index contributed by atoms with van der Waals surface area (Å²) in [5, 5.41) is 6.92. The van der Waals surface area contributed by atoms with Gasteiger partial charge in [-0.1, -0.05) is 91.0 Å². The van der Waals surface area contributed by atoms with E-state index in [0.717, 1.165) is 24.3 Å². The van der Waals surface area contributed by atoms with Crippen molar-refractivity contribution in [3.63, 3.8) is 0 Å². The lowest BCUT2D eigenvalue weighted by Gasteiger charge is -2.41. The molecule has 0 heterocycles. The van der Waals surface area contributed by atoms with Crippen LogP contribution in [0.1, 0.15) is 37.7 Å². The van der Waals surface area contributed by atoms with Crippen LogP contribution in [0.2, 0.25) is 0 Å². The van der Waals surface area contributed by atoms with Crippen LogP contribution in [-0.2, 0) is 6.54 Å². The highest BCUT2D eigenvalue weighted by Crippen LogP contribution is 2.60. The predicted molar refractivity (Wildman–Crippen MR) is 136 cm³/mol. The van der Waals surface area contributed by atoms with Crippen LogP contribution in [0.25, 0.3) is 0 Å². The predicted octanol–water partition coefficient (Wildman–Crippen LogP) is 5.84. The SMILES string of the molecule is c1ccc(CN=C(NC23CC4CC(C2)C(C4)C3)P(c2ccccc2)c2ccccc2)cc1. The average molecular weight is 439 g/mol. The fourth-order valence-electron chi connectivity index (χ4n) is 6.66. The van der Waals surface area contributed by atoms with Gasteiger partial charge < -0.3 is 5.32 Å². The highest BCUT2D eigenvalue weighted by atomic mass is 31.1. The Labute approximate surface area is 192 Å². The third kappa shape index (κ3) is 3.90. The summed E-state index contributed by atoms with van der Waals surface area (Å²) in [5.41, 5.74) is 2.75. The molecule has 0 radical (unpaired) electrons. The maximum atomic E-state index is 5.33. The molecule has 0 aliphatic heterocycles. The maximum Gasteiger partial charge on any atom is 0.129 e. The van der Waals surface area contributed by atoms with E-state index in [9.17, 15) is 0 Å². The van der Waals surface area contributed by atoms with Crippen LogP contribution in [0.3, 0.4) is 0 Å². The minimum absolute atomic E-state index is 0.260. The van der Waals surface area contributed by atoms with Crippen molar-refractivity contribution in [1.82, 2.24) is 5.32 Å². The second-order valence-corrected chi connectivity index (χ2v) is 12.1. The Morgan fingerprint density at radius 1 is 0.750 bits per heavy atom. The van der Waals surface area contributed by atoms with Crippen LogP contribution < -0.4 is 15.9 Å². The lowest BCUT2D eigenvalue weighted by molar-refractivity contribution is 0.211. The van der Waals surface area contributed by atoms with Crippen molar-refractivity contribution in [3.8, 4) is 0 Å². The molecule has 32 heavy (non-hydrogen) atoms. The van der Waals surface area contributed by atoms with E-state index in [1.165, 1.54) is 53.9 Å². The summed E-state index contributed by atoms with van der Waals surface area (Å²) in [4.78, 5) is 5.33. The van der Waals surface area contributed by atoms with Crippen molar-refractivity contribution in [3.05, 3.63) is 96.6 Å². The van der Waals surface area contributed by atoms with Gasteiger partial charge in [0.05, 0.1) is 6.54 Å². The summed E-state index contributed by atoms with van der Waals surface area (Å²) >= 11 is 0. The van der Waals surface area contributed by atoms with E-state index in [0.29, 0.717) is 0 Å². The molecule has 7 rings (SSSR count). The van der Waals surface area contributed by atoms with E-state index in [2.05, 4.69) is 96.3 Å². The highest BCUT2D eigenvalue weighted by Gasteiger charge is 2.56. The number of rotatable bonds is 6. The molecule has 0 saturated heterocycles. The second kappa shape index (κ2) is 8.49. The summed E-state index contributed by atoms with van der Waals surface area (Å²) in [7, 11) is -0.715. The minimum atomic E-state index is -0.715. The van der Waals surface area contributed by atoms with Crippen molar-refractivity contribution in [2.45, 2.75) is 44.2 Å². The van der Waals surface area contributed by atoms with Gasteiger partial charge in [-0.25, -0.2) is 0 Å². The Balaban J connectivity index is 1.40. The van der Waals surface area contributed by atoms with Gasteiger partial charge in [0.1, 0.15) is 5.58 Å². The fraction of sp³-hybridized carbons (Fsp3) is 0.345. The molecule has 4 bridgehead atoms. The van der Waals surface area contributed by atoms with Gasteiger partial charge >= 0.3 is 0 Å². The zero-order valence-electron chi connectivity index (χ0n) is 18.5. The van der Waals surface area contributed by atoms with Crippen molar-refractivity contribution in [1.29, 1.82) is 0 Å². The number of nitrogens with zero attached hydrogens (tertiary/aromatic N) is 1. The number of hydrogen-bond acceptors (Lipinski definition) is 1. The van der Waals surface area contributed by atoms with Crippen LogP contribution in [0.15, 0.2) is 96.0 Å². The minimum Gasteiger partial charge on any atom is -0.364 e. The molecule has 2 atom stereocenters. The average Bonchev–Trinajstić information content (AvgIpc) is 3.25. The van der Waals surface area contributed by atoms with Gasteiger partial charge in [-0.2, -0.15) is 0 Å². The van der Waals surface area contributed by atoms with Crippen LogP contribution >= 0.6 is 7.92 Å². The van der Waals surface area contributed by atoms with Gasteiger partial charge in [0.25, 0.3) is 0 Å². The lowest BCUT2D eigenvalue weighted by Crippen LogP contribution is -2.51. The summed E-state index contributed by atoms with van der Waals surface area (Å²) in [6.45, 7) is 0.730. The highest BCUT2D eigenvalue weighted by molar-refractivity contribution is 7.88. The molecule has 0 amide bonds. The number of hydrogen-bond donors (Lipinski definition) is 1. The summed E-state index contributed by atoms with van der Waals surface area (Å²) in [5.74, 6) is 2.81. The van der Waals surface area contributed by atoms with Crippen LogP contribution in [-0.4, -0.2) is 11.1 Å². The Hall–Kier alpha value is -2.44. The van der Waals surface area contributed by atoms with Crippen molar-refractivity contribution < 1.29 is 0 Å². The third-order valence-electron chi connectivity index (χ3n) is 7.80. The van der Waals surface area contributed by atoms with Gasteiger partial charge in [-0.15, -0.1) is 0 Å². The van der Waals surface area contributed by atoms with E-state index in [1.54, 1.807) is 0 Å². The van der Waals surface area contributed by atoms with E-state index >= 15 is 0 Å². The van der Waals surface area contributed by atoms with E-state index in [-0.39, 0.29) is 5.54 Å². The zero-order valence-corrected chi connectivity index (χ0v) is 19.4. The Morgan fingerprint density at radius 3 is 1.81 bits per heavy atom. The standard InChI is InChI=1S/C29H31N2P/c1-4-10-22(11-5-1)21-30-28(31-29-18-23-16-24(19-29)25(17-23)20-29)32(26-12-6-2-7-13-26)27-14-8-3-9-15-27/h1-15,23-25H,16-21H2,(H,30,31). The van der Waals surface area contributed by atoms with Crippen molar-refractivity contribution in [2.24, 2.45) is 22.7 Å². The molecule has 162 valence electrons. The maximum absolute atomic E-state index is 5.33. The van der Waals surface area contributed by atoms with Crippen molar-refractivity contribution >= 4 is 24.1 Å². The van der Waals surface area contributed by atoms with Gasteiger partial charge in [0, 0.05) is 13.5 Å². The van der Waals surface area contributed by atoms with Gasteiger partial charge in [0.15, 0.2) is 0 Å². The Bertz CT molecular complexity index is 1020. The largest absolute Gasteiger partial charge is 0.364 e. The van der Waals surface area contributed by atoms with Crippen molar-refractivity contribution in [2.75, 3.05) is 0 Å². The molecule has 3 aromatic rings. The van der Waals surface area contributed by atoms with Gasteiger partial charge in [-0.05, 0) is 66.0 Å². The first-order valence-corrected chi connectivity index (χ1v) is 13.4. The monoisotopic (exact) mass is 438 g/mol. The zero-order chi connectivity index (χ0) is 21.4. The molecular formula is C29H31N2P. The molecule has 2 nitrogen and oxygen atoms in total. The first kappa shape index (κ1) is 20.2. The first-order valence-electron chi connectivity index (χ1n) is 12.0. The summed E-state index contributed by atoms with van der Waals surface area (Å²) in [6.07, 6.45) is 6.95. The normalized spacial score (nSPS) is 28.4. The lowest BCUT2D eigenvalue weighted by atomic mass is 9.76. The Kier molecular flexibility index (Phi) is 5.35. The number of nitrogens with one attached hydrogen (secondary N) is 1. The summed E-state index contributed by atoms with van der Waals surface area (Å²) in [6, 6.07) is 32.7. The smallest absolute Gasteiger partial charge is 0.129 e. The topological polar surface area (TPSA) is 24.4 Å². The molecule has 2 unspecified atom stereocenters. The molecule has 4 aliphatic carbocycles. The van der Waals surface area contributed by atoms with Crippen LogP contribution in [0, 0.1) is 17.8 Å². The molecule has 1 N–H and O–H groups in total. The number of benzene rings is 3. The Morgan fingerprint density at radius 2 is 1.28 bits per heavy atom. The van der Waals surface area contributed by atoms with E-state index in [4.69, 9.17) is 4.99 Å². The van der Waals surface area contributed by atoms with E-state index in [1.807, 2.05) is 0 Å². The second-order valence-electron chi connectivity index (χ2n) is 10.0. The van der Waals surface area contributed by atoms with E-state index < -0.39 is 7.92 Å². The van der Waals surface area contributed by atoms with Gasteiger partial charge in [0.2, 0.25) is 0 Å². The molecule has 3 aromatic carbocycles. The third-order valence-corrected chi connectivity index (χ3v) is 10.1. The molecule has 0 aromatic heterocycles. The number of amidine groups is 1. The molecule has 0 spiro atoms. The number of aliphatic imine (C=N–C) groups is 1. The quantitative estimate of drug-likeness (QED) is 0.292. The van der Waals surface area contributed by atoms with Crippen LogP contribution in [0.5, 0.6) is 0 Å². The molecule has 3 heteroatoms. The first-order chi connectivity index (χ1) is 15.8. The summed E-state index contributed by atoms with van der Waals surface area (Å²) < 4.78 is 0. The van der Waals surface area contributed by atoms with Gasteiger partial charge in [-0.3, -0.25) is 4.99 Å². The molecular weight excluding hydrogens is 407 g/mol. The van der Waals surface area contributed by atoms with Crippen LogP contribution in [0.4, 0.5) is 0 Å².